The van der Waals surface area contributed by atoms with E-state index in [1.54, 1.807) is 22.3 Å². The summed E-state index contributed by atoms with van der Waals surface area (Å²) < 4.78 is 5.07. The lowest BCUT2D eigenvalue weighted by molar-refractivity contribution is 0.497. The van der Waals surface area contributed by atoms with Crippen molar-refractivity contribution in [3.63, 3.8) is 0 Å². The molecule has 0 saturated heterocycles. The van der Waals surface area contributed by atoms with Crippen LogP contribution < -0.4 is 0 Å². The molecule has 2 heterocycles. The maximum absolute atomic E-state index is 3.65. The number of rotatable bonds is 58. The van der Waals surface area contributed by atoms with E-state index in [2.05, 4.69) is 161 Å². The van der Waals surface area contributed by atoms with Crippen molar-refractivity contribution in [2.24, 2.45) is 0 Å². The quantitative estimate of drug-likeness (QED) is 0.0266. The highest BCUT2D eigenvalue weighted by Gasteiger charge is 2.21. The fraction of sp³-hybridized carbons (Fsp3) is 0.702. The van der Waals surface area contributed by atoms with Gasteiger partial charge in [-0.3, -0.25) is 0 Å². The molecule has 0 spiro atoms. The highest BCUT2D eigenvalue weighted by Crippen LogP contribution is 2.41. The van der Waals surface area contributed by atoms with Gasteiger partial charge in [-0.25, -0.2) is 0 Å². The second kappa shape index (κ2) is 50.8. The minimum atomic E-state index is 0.618. The van der Waals surface area contributed by atoms with Gasteiger partial charge in [-0.15, -0.1) is 0 Å². The number of aromatic nitrogens is 2. The van der Waals surface area contributed by atoms with Crippen LogP contribution in [0.2, 0.25) is 0 Å². The summed E-state index contributed by atoms with van der Waals surface area (Å²) >= 11 is 0. The summed E-state index contributed by atoms with van der Waals surface area (Å²) in [5.41, 5.74) is 11.5. The topological polar surface area (TPSA) is 9.86 Å². The Bertz CT molecular complexity index is 2690. The minimum Gasteiger partial charge on any atom is -0.329 e. The SMILES string of the molecule is CCCCCCCCCCCC(CCCC)c1ccc2c(c1)c1cc(C(CCCC)CCCCCCCCCCC)ccc1n2CC#CC#CCn1c2ccc(C(CCCC)CCCCCCCCCCC)cc2c2cc(C(CCCC)CCCCCCCCCCC)ccc21. The van der Waals surface area contributed by atoms with Gasteiger partial charge in [-0.2, -0.15) is 0 Å². The molecule has 4 unspecified atom stereocenters. The molecule has 0 amide bonds. The van der Waals surface area contributed by atoms with Crippen LogP contribution in [0, 0.1) is 23.7 Å². The zero-order valence-corrected chi connectivity index (χ0v) is 64.3. The fourth-order valence-corrected chi connectivity index (χ4v) is 16.5. The summed E-state index contributed by atoms with van der Waals surface area (Å²) in [6.07, 6.45) is 70.7. The van der Waals surface area contributed by atoms with Crippen molar-refractivity contribution in [1.82, 2.24) is 9.13 Å². The lowest BCUT2D eigenvalue weighted by Crippen LogP contribution is -2.01. The van der Waals surface area contributed by atoms with Crippen LogP contribution in [0.15, 0.2) is 72.8 Å². The molecule has 0 fully saturated rings. The molecule has 0 aliphatic rings. The van der Waals surface area contributed by atoms with Crippen molar-refractivity contribution >= 4 is 43.6 Å². The Labute approximate surface area is 594 Å². The summed E-state index contributed by atoms with van der Waals surface area (Å²) in [5.74, 6) is 16.7. The van der Waals surface area contributed by atoms with Gasteiger partial charge in [-0.1, -0.05) is 374 Å². The van der Waals surface area contributed by atoms with E-state index in [1.165, 1.54) is 377 Å². The van der Waals surface area contributed by atoms with E-state index in [0.29, 0.717) is 36.8 Å². The van der Waals surface area contributed by atoms with Crippen LogP contribution in [0.4, 0.5) is 0 Å². The number of benzene rings is 4. The zero-order valence-electron chi connectivity index (χ0n) is 64.3. The molecule has 0 bridgehead atoms. The standard InChI is InChI=1S/C94H148N2/c1-9-17-25-29-33-37-41-45-51-61-79(57-21-13-5)83-65-69-91-87(75-83)88-76-84(80(58-22-14-6)62-52-46-42-38-34-30-26-18-10-2)66-70-92(88)95(91)73-55-49-50-56-74-96-93-71-67-85(81(59-23-15-7)63-53-47-43-39-35-31-27-19-11-3)77-89(93)90-78-86(68-72-94(90)96)82(60-24-16-8)64-54-48-44-40-36-32-28-20-12-4/h65-72,75-82H,9-48,51-54,57-64,73-74H2,1-8H3. The number of hydrogen-bond acceptors (Lipinski definition) is 0. The summed E-state index contributed by atoms with van der Waals surface area (Å²) in [6, 6.07) is 30.6. The van der Waals surface area contributed by atoms with Gasteiger partial charge in [0.15, 0.2) is 0 Å². The molecule has 96 heavy (non-hydrogen) atoms. The molecule has 0 aliphatic carbocycles. The largest absolute Gasteiger partial charge is 0.329 e. The van der Waals surface area contributed by atoms with Gasteiger partial charge in [-0.05, 0) is 158 Å². The average molecular weight is 1310 g/mol. The highest BCUT2D eigenvalue weighted by molar-refractivity contribution is 6.09. The Morgan fingerprint density at radius 2 is 0.396 bits per heavy atom. The third-order valence-electron chi connectivity index (χ3n) is 22.7. The zero-order chi connectivity index (χ0) is 67.9. The van der Waals surface area contributed by atoms with Crippen molar-refractivity contribution < 1.29 is 0 Å². The van der Waals surface area contributed by atoms with Gasteiger partial charge in [0.1, 0.15) is 0 Å². The first-order valence-electron chi connectivity index (χ1n) is 42.5. The first kappa shape index (κ1) is 80.6. The first-order valence-corrected chi connectivity index (χ1v) is 42.5. The normalized spacial score (nSPS) is 13.0. The molecule has 2 heteroatoms. The van der Waals surface area contributed by atoms with Gasteiger partial charge in [0.2, 0.25) is 0 Å². The molecule has 0 saturated carbocycles. The van der Waals surface area contributed by atoms with Crippen LogP contribution in [0.5, 0.6) is 0 Å². The number of unbranched alkanes of at least 4 members (excludes halogenated alkanes) is 36. The van der Waals surface area contributed by atoms with Crippen molar-refractivity contribution in [1.29, 1.82) is 0 Å². The number of hydrogen-bond donors (Lipinski definition) is 0. The van der Waals surface area contributed by atoms with E-state index in [-0.39, 0.29) is 0 Å². The summed E-state index contributed by atoms with van der Waals surface area (Å²) in [6.45, 7) is 20.1. The van der Waals surface area contributed by atoms with Gasteiger partial charge in [0.25, 0.3) is 0 Å². The van der Waals surface area contributed by atoms with Gasteiger partial charge < -0.3 is 9.13 Å². The van der Waals surface area contributed by atoms with E-state index in [4.69, 9.17) is 0 Å². The van der Waals surface area contributed by atoms with Crippen LogP contribution in [0.1, 0.15) is 435 Å². The summed E-state index contributed by atoms with van der Waals surface area (Å²) in [7, 11) is 0. The lowest BCUT2D eigenvalue weighted by Gasteiger charge is -2.18. The predicted molar refractivity (Wildman–Crippen MR) is 431 cm³/mol. The Morgan fingerprint density at radius 1 is 0.219 bits per heavy atom. The van der Waals surface area contributed by atoms with Crippen molar-refractivity contribution in [2.45, 2.75) is 426 Å². The molecule has 2 aromatic heterocycles. The van der Waals surface area contributed by atoms with Crippen LogP contribution >= 0.6 is 0 Å². The molecule has 6 aromatic rings. The second-order valence-electron chi connectivity index (χ2n) is 30.7. The third-order valence-corrected chi connectivity index (χ3v) is 22.7. The molecule has 4 atom stereocenters. The summed E-state index contributed by atoms with van der Waals surface area (Å²) in [5, 5.41) is 5.73. The predicted octanol–water partition coefficient (Wildman–Crippen LogP) is 31.4. The maximum Gasteiger partial charge on any atom is 0.0853 e. The third kappa shape index (κ3) is 28.7. The minimum absolute atomic E-state index is 0.618. The van der Waals surface area contributed by atoms with Crippen LogP contribution in [-0.2, 0) is 13.1 Å². The van der Waals surface area contributed by atoms with Gasteiger partial charge in [0, 0.05) is 43.6 Å². The van der Waals surface area contributed by atoms with E-state index in [0.717, 1.165) is 0 Å². The molecule has 0 N–H and O–H groups in total. The molecule has 6 rings (SSSR count). The Hall–Kier alpha value is -4.40. The first-order chi connectivity index (χ1) is 47.4. The van der Waals surface area contributed by atoms with E-state index in [9.17, 15) is 0 Å². The molecule has 0 radical (unpaired) electrons. The van der Waals surface area contributed by atoms with Crippen molar-refractivity contribution in [3.8, 4) is 23.7 Å². The molecule has 4 aromatic carbocycles. The maximum atomic E-state index is 3.65. The van der Waals surface area contributed by atoms with E-state index < -0.39 is 0 Å². The molecular weight excluding hydrogens is 1160 g/mol. The Balaban J connectivity index is 1.30. The number of nitrogens with zero attached hydrogens (tertiary/aromatic N) is 2. The molecule has 534 valence electrons. The smallest absolute Gasteiger partial charge is 0.0853 e. The highest BCUT2D eigenvalue weighted by atomic mass is 15.0. The van der Waals surface area contributed by atoms with E-state index in [1.807, 2.05) is 0 Å². The van der Waals surface area contributed by atoms with Crippen LogP contribution in [-0.4, -0.2) is 9.13 Å². The summed E-state index contributed by atoms with van der Waals surface area (Å²) in [4.78, 5) is 0. The monoisotopic (exact) mass is 1310 g/mol. The average Bonchev–Trinajstić information content (AvgIpc) is 1.61. The van der Waals surface area contributed by atoms with Crippen molar-refractivity contribution in [2.75, 3.05) is 0 Å². The molecule has 0 aliphatic heterocycles. The van der Waals surface area contributed by atoms with Gasteiger partial charge >= 0.3 is 0 Å². The second-order valence-corrected chi connectivity index (χ2v) is 30.7. The van der Waals surface area contributed by atoms with E-state index >= 15 is 0 Å². The fourth-order valence-electron chi connectivity index (χ4n) is 16.5. The lowest BCUT2D eigenvalue weighted by atomic mass is 9.86. The van der Waals surface area contributed by atoms with Crippen molar-refractivity contribution in [3.05, 3.63) is 95.1 Å². The van der Waals surface area contributed by atoms with Crippen LogP contribution in [0.3, 0.4) is 0 Å². The molecular formula is C94H148N2. The molecule has 2 nitrogen and oxygen atoms in total. The Kier molecular flexibility index (Phi) is 42.7. The Morgan fingerprint density at radius 3 is 0.594 bits per heavy atom. The van der Waals surface area contributed by atoms with Crippen LogP contribution in [0.25, 0.3) is 43.6 Å². The van der Waals surface area contributed by atoms with Gasteiger partial charge in [0.05, 0.1) is 13.1 Å². The number of fused-ring (bicyclic) bond motifs is 6.